The molecule has 0 aliphatic carbocycles. The summed E-state index contributed by atoms with van der Waals surface area (Å²) < 4.78 is 9.21. The van der Waals surface area contributed by atoms with E-state index < -0.39 is 0 Å². The number of ether oxygens (including phenoxy) is 1. The van der Waals surface area contributed by atoms with Crippen molar-refractivity contribution in [2.75, 3.05) is 20.2 Å². The summed E-state index contributed by atoms with van der Waals surface area (Å²) in [6.45, 7) is 7.72. The van der Waals surface area contributed by atoms with Gasteiger partial charge in [0.05, 0.1) is 31.7 Å². The molecule has 0 aromatic carbocycles. The van der Waals surface area contributed by atoms with Gasteiger partial charge in [0.25, 0.3) is 0 Å². The Hall–Kier alpha value is -4.24. The van der Waals surface area contributed by atoms with Crippen molar-refractivity contribution in [3.8, 4) is 29.1 Å². The Morgan fingerprint density at radius 2 is 2.03 bits per heavy atom. The van der Waals surface area contributed by atoms with Crippen LogP contribution in [0.4, 0.5) is 0 Å². The fraction of sp³-hybridized carbons (Fsp3) is 0.360. The molecule has 0 N–H and O–H groups in total. The van der Waals surface area contributed by atoms with Crippen LogP contribution in [0.5, 0.6) is 5.75 Å². The maximum Gasteiger partial charge on any atom is 0.179 e. The summed E-state index contributed by atoms with van der Waals surface area (Å²) in [5.41, 5.74) is 4.93. The van der Waals surface area contributed by atoms with Gasteiger partial charge in [-0.15, -0.1) is 0 Å². The highest BCUT2D eigenvalue weighted by atomic mass is 16.5. The second-order valence-electron chi connectivity index (χ2n) is 9.37. The van der Waals surface area contributed by atoms with Crippen LogP contribution >= 0.6 is 0 Å². The summed E-state index contributed by atoms with van der Waals surface area (Å²) >= 11 is 0. The lowest BCUT2D eigenvalue weighted by Crippen LogP contribution is -2.36. The van der Waals surface area contributed by atoms with Gasteiger partial charge in [-0.05, 0) is 51.6 Å². The minimum absolute atomic E-state index is 0.140. The number of rotatable bonds is 4. The van der Waals surface area contributed by atoms with Gasteiger partial charge >= 0.3 is 0 Å². The van der Waals surface area contributed by atoms with Crippen molar-refractivity contribution in [1.82, 2.24) is 29.2 Å². The fourth-order valence-corrected chi connectivity index (χ4v) is 5.00. The van der Waals surface area contributed by atoms with Crippen molar-refractivity contribution in [2.45, 2.75) is 38.8 Å². The standard InChI is InChI=1S/C25H26N8O/c1-17-22(18-8-23(34-4)24-19(10-26)11-28-32(24)13-18)12-29-33(17)20-6-5-7-30(14-20)21-9-25(2,3)31(15-21)16-27/h5-8,11-13,21H,9,14-15H2,1-4H3. The quantitative estimate of drug-likeness (QED) is 0.557. The zero-order valence-electron chi connectivity index (χ0n) is 19.7. The summed E-state index contributed by atoms with van der Waals surface area (Å²) in [5.74, 6) is 0.593. The van der Waals surface area contributed by atoms with Crippen LogP contribution in [0.25, 0.3) is 22.3 Å². The number of hydrogen-bond donors (Lipinski definition) is 0. The van der Waals surface area contributed by atoms with Gasteiger partial charge in [0.2, 0.25) is 0 Å². The number of pyridine rings is 1. The molecule has 0 radical (unpaired) electrons. The molecule has 2 aliphatic heterocycles. The Kier molecular flexibility index (Phi) is 5.06. The van der Waals surface area contributed by atoms with Gasteiger partial charge in [0.1, 0.15) is 22.9 Å². The van der Waals surface area contributed by atoms with Crippen LogP contribution in [0.1, 0.15) is 31.5 Å². The number of methoxy groups -OCH3 is 1. The molecule has 0 spiro atoms. The van der Waals surface area contributed by atoms with Gasteiger partial charge in [-0.25, -0.2) is 9.20 Å². The lowest BCUT2D eigenvalue weighted by atomic mass is 9.99. The van der Waals surface area contributed by atoms with E-state index in [0.717, 1.165) is 35.5 Å². The van der Waals surface area contributed by atoms with Crippen LogP contribution in [0.2, 0.25) is 0 Å². The molecular weight excluding hydrogens is 428 g/mol. The van der Waals surface area contributed by atoms with E-state index in [0.29, 0.717) is 23.4 Å². The van der Waals surface area contributed by atoms with Crippen LogP contribution in [-0.2, 0) is 0 Å². The Labute approximate surface area is 198 Å². The predicted octanol–water partition coefficient (Wildman–Crippen LogP) is 3.39. The van der Waals surface area contributed by atoms with Gasteiger partial charge in [-0.2, -0.15) is 20.7 Å². The normalized spacial score (nSPS) is 19.2. The Bertz CT molecular complexity index is 1410. The number of nitrogens with zero attached hydrogens (tertiary/aromatic N) is 8. The van der Waals surface area contributed by atoms with Crippen LogP contribution in [0.15, 0.2) is 43.0 Å². The molecule has 1 saturated heterocycles. The molecule has 172 valence electrons. The van der Waals surface area contributed by atoms with Crippen molar-refractivity contribution in [3.05, 3.63) is 54.3 Å². The Balaban J connectivity index is 1.44. The van der Waals surface area contributed by atoms with E-state index in [-0.39, 0.29) is 11.6 Å². The zero-order chi connectivity index (χ0) is 24.0. The SMILES string of the molecule is COc1cc(-c2cnn(C3=CC=CN(C4CN(C#N)C(C)(C)C4)C3)c2C)cn2ncc(C#N)c12. The molecular formula is C25H26N8O. The summed E-state index contributed by atoms with van der Waals surface area (Å²) in [7, 11) is 1.59. The van der Waals surface area contributed by atoms with E-state index in [1.54, 1.807) is 17.8 Å². The molecule has 9 heteroatoms. The number of nitriles is 2. The third-order valence-electron chi connectivity index (χ3n) is 6.87. The van der Waals surface area contributed by atoms with Gasteiger partial charge in [-0.1, -0.05) is 0 Å². The van der Waals surface area contributed by atoms with E-state index >= 15 is 0 Å². The number of aromatic nitrogens is 4. The van der Waals surface area contributed by atoms with Crippen molar-refractivity contribution >= 4 is 11.2 Å². The van der Waals surface area contributed by atoms with Crippen LogP contribution in [0.3, 0.4) is 0 Å². The van der Waals surface area contributed by atoms with Crippen molar-refractivity contribution in [3.63, 3.8) is 0 Å². The highest BCUT2D eigenvalue weighted by Gasteiger charge is 2.40. The molecule has 2 aliphatic rings. The van der Waals surface area contributed by atoms with Crippen LogP contribution in [0, 0.1) is 29.7 Å². The molecule has 0 bridgehead atoms. The average Bonchev–Trinajstić information content (AvgIpc) is 3.52. The number of allylic oxidation sites excluding steroid dienone is 2. The third-order valence-corrected chi connectivity index (χ3v) is 6.87. The maximum atomic E-state index is 9.50. The fourth-order valence-electron chi connectivity index (χ4n) is 5.00. The number of hydrogen-bond acceptors (Lipinski definition) is 7. The van der Waals surface area contributed by atoms with E-state index in [2.05, 4.69) is 48.4 Å². The van der Waals surface area contributed by atoms with Gasteiger partial charge in [0.15, 0.2) is 6.19 Å². The molecule has 5 heterocycles. The van der Waals surface area contributed by atoms with Gasteiger partial charge < -0.3 is 14.5 Å². The zero-order valence-corrected chi connectivity index (χ0v) is 19.7. The first-order valence-corrected chi connectivity index (χ1v) is 11.2. The van der Waals surface area contributed by atoms with Gasteiger partial charge in [0, 0.05) is 41.1 Å². The predicted molar refractivity (Wildman–Crippen MR) is 127 cm³/mol. The molecule has 0 amide bonds. The van der Waals surface area contributed by atoms with Crippen molar-refractivity contribution in [1.29, 1.82) is 10.5 Å². The molecule has 9 nitrogen and oxygen atoms in total. The highest BCUT2D eigenvalue weighted by Crippen LogP contribution is 2.34. The smallest absolute Gasteiger partial charge is 0.179 e. The van der Waals surface area contributed by atoms with E-state index in [1.165, 1.54) is 0 Å². The first-order valence-electron chi connectivity index (χ1n) is 11.2. The van der Waals surface area contributed by atoms with E-state index in [1.807, 2.05) is 41.0 Å². The molecule has 1 atom stereocenters. The summed E-state index contributed by atoms with van der Waals surface area (Å²) in [6, 6.07) is 4.35. The van der Waals surface area contributed by atoms with Crippen LogP contribution < -0.4 is 4.74 Å². The monoisotopic (exact) mass is 454 g/mol. The molecule has 0 saturated carbocycles. The van der Waals surface area contributed by atoms with Gasteiger partial charge in [-0.3, -0.25) is 0 Å². The molecule has 34 heavy (non-hydrogen) atoms. The maximum absolute atomic E-state index is 9.50. The molecule has 1 unspecified atom stereocenters. The minimum atomic E-state index is -0.140. The summed E-state index contributed by atoms with van der Waals surface area (Å²) in [4.78, 5) is 4.18. The average molecular weight is 455 g/mol. The first kappa shape index (κ1) is 21.6. The second-order valence-corrected chi connectivity index (χ2v) is 9.37. The lowest BCUT2D eigenvalue weighted by Gasteiger charge is -2.30. The molecule has 5 rings (SSSR count). The Morgan fingerprint density at radius 1 is 1.21 bits per heavy atom. The van der Waals surface area contributed by atoms with E-state index in [9.17, 15) is 10.5 Å². The minimum Gasteiger partial charge on any atom is -0.494 e. The third kappa shape index (κ3) is 3.37. The van der Waals surface area contributed by atoms with Crippen molar-refractivity contribution in [2.24, 2.45) is 0 Å². The number of likely N-dealkylation sites (tertiary alicyclic amines) is 1. The summed E-state index contributed by atoms with van der Waals surface area (Å²) in [5, 5.41) is 27.9. The molecule has 3 aromatic rings. The van der Waals surface area contributed by atoms with Crippen molar-refractivity contribution < 1.29 is 4.74 Å². The number of fused-ring (bicyclic) bond motifs is 1. The van der Waals surface area contributed by atoms with Crippen LogP contribution in [-0.4, -0.2) is 61.0 Å². The first-order chi connectivity index (χ1) is 16.4. The topological polar surface area (TPSA) is 98.4 Å². The lowest BCUT2D eigenvalue weighted by molar-refractivity contribution is 0.262. The van der Waals surface area contributed by atoms with E-state index in [4.69, 9.17) is 9.84 Å². The highest BCUT2D eigenvalue weighted by molar-refractivity contribution is 5.76. The summed E-state index contributed by atoms with van der Waals surface area (Å²) in [6.07, 6.45) is 14.8. The second kappa shape index (κ2) is 7.96. The molecule has 1 fully saturated rings. The Morgan fingerprint density at radius 3 is 2.74 bits per heavy atom. The largest absolute Gasteiger partial charge is 0.494 e. The molecule has 3 aromatic heterocycles.